The van der Waals surface area contributed by atoms with Crippen molar-refractivity contribution in [3.63, 3.8) is 0 Å². The minimum atomic E-state index is -0.0180. The van der Waals surface area contributed by atoms with Crippen molar-refractivity contribution in [1.29, 1.82) is 0 Å². The monoisotopic (exact) mass is 220 g/mol. The maximum atomic E-state index is 8.90. The summed E-state index contributed by atoms with van der Waals surface area (Å²) in [6.07, 6.45) is 3.90. The van der Waals surface area contributed by atoms with Crippen molar-refractivity contribution in [3.05, 3.63) is 42.2 Å². The number of aromatic nitrogens is 2. The zero-order chi connectivity index (χ0) is 10.7. The van der Waals surface area contributed by atoms with Gasteiger partial charge in [-0.15, -0.1) is 11.8 Å². The van der Waals surface area contributed by atoms with Crippen LogP contribution in [0.3, 0.4) is 0 Å². The lowest BCUT2D eigenvalue weighted by atomic mass is 10.3. The maximum Gasteiger partial charge on any atom is 0.0883 e. The summed E-state index contributed by atoms with van der Waals surface area (Å²) in [5.41, 5.74) is 1.69. The normalized spacial score (nSPS) is 10.5. The first-order valence-electron chi connectivity index (χ1n) is 4.63. The van der Waals surface area contributed by atoms with Gasteiger partial charge in [0.1, 0.15) is 0 Å². The van der Waals surface area contributed by atoms with E-state index in [2.05, 4.69) is 17.2 Å². The third-order valence-corrected chi connectivity index (χ3v) is 2.89. The molecule has 1 aromatic heterocycles. The van der Waals surface area contributed by atoms with Crippen molar-refractivity contribution >= 4 is 11.8 Å². The molecule has 0 aliphatic carbocycles. The van der Waals surface area contributed by atoms with Gasteiger partial charge in [-0.3, -0.25) is 0 Å². The molecule has 0 saturated heterocycles. The fourth-order valence-corrected chi connectivity index (χ4v) is 1.73. The summed E-state index contributed by atoms with van der Waals surface area (Å²) >= 11 is 1.71. The number of rotatable bonds is 3. The summed E-state index contributed by atoms with van der Waals surface area (Å²) in [6, 6.07) is 9.95. The van der Waals surface area contributed by atoms with Crippen LogP contribution in [0.15, 0.2) is 41.4 Å². The number of hydrogen-bond donors (Lipinski definition) is 1. The molecule has 3 nitrogen and oxygen atoms in total. The molecule has 0 spiro atoms. The van der Waals surface area contributed by atoms with Gasteiger partial charge in [-0.2, -0.15) is 5.10 Å². The quantitative estimate of drug-likeness (QED) is 0.805. The first kappa shape index (κ1) is 10.3. The number of nitrogens with zero attached hydrogens (tertiary/aromatic N) is 2. The fraction of sp³-hybridized carbons (Fsp3) is 0.182. The molecule has 1 N–H and O–H groups in total. The van der Waals surface area contributed by atoms with E-state index in [0.717, 1.165) is 5.69 Å². The van der Waals surface area contributed by atoms with E-state index in [1.807, 2.05) is 30.7 Å². The second-order valence-corrected chi connectivity index (χ2v) is 3.99. The molecule has 0 aliphatic heterocycles. The highest BCUT2D eigenvalue weighted by molar-refractivity contribution is 7.98. The van der Waals surface area contributed by atoms with E-state index in [1.165, 1.54) is 4.90 Å². The van der Waals surface area contributed by atoms with Crippen LogP contribution in [0.4, 0.5) is 0 Å². The van der Waals surface area contributed by atoms with Crippen LogP contribution in [0.25, 0.3) is 5.69 Å². The van der Waals surface area contributed by atoms with Crippen LogP contribution in [-0.2, 0) is 6.61 Å². The third-order valence-electron chi connectivity index (χ3n) is 2.14. The molecule has 0 radical (unpaired) electrons. The van der Waals surface area contributed by atoms with E-state index in [4.69, 9.17) is 5.11 Å². The van der Waals surface area contributed by atoms with Gasteiger partial charge in [0.05, 0.1) is 18.0 Å². The molecule has 1 aromatic carbocycles. The lowest BCUT2D eigenvalue weighted by Gasteiger charge is -2.02. The van der Waals surface area contributed by atoms with Crippen LogP contribution in [0.5, 0.6) is 0 Å². The van der Waals surface area contributed by atoms with Crippen molar-refractivity contribution < 1.29 is 5.11 Å². The lowest BCUT2D eigenvalue weighted by Crippen LogP contribution is -1.95. The second-order valence-electron chi connectivity index (χ2n) is 3.11. The van der Waals surface area contributed by atoms with Crippen LogP contribution in [-0.4, -0.2) is 21.1 Å². The van der Waals surface area contributed by atoms with Gasteiger partial charge in [0.25, 0.3) is 0 Å². The van der Waals surface area contributed by atoms with E-state index in [-0.39, 0.29) is 6.61 Å². The molecule has 0 saturated carbocycles. The summed E-state index contributed by atoms with van der Waals surface area (Å²) in [5, 5.41) is 13.1. The van der Waals surface area contributed by atoms with Gasteiger partial charge in [-0.1, -0.05) is 0 Å². The van der Waals surface area contributed by atoms with Crippen molar-refractivity contribution in [2.24, 2.45) is 0 Å². The summed E-state index contributed by atoms with van der Waals surface area (Å²) in [4.78, 5) is 1.23. The van der Waals surface area contributed by atoms with Crippen LogP contribution >= 0.6 is 11.8 Å². The minimum Gasteiger partial charge on any atom is -0.390 e. The van der Waals surface area contributed by atoms with Gasteiger partial charge in [-0.05, 0) is 36.6 Å². The molecular weight excluding hydrogens is 208 g/mol. The average Bonchev–Trinajstić information content (AvgIpc) is 2.78. The van der Waals surface area contributed by atoms with E-state index in [0.29, 0.717) is 5.69 Å². The molecule has 0 aliphatic rings. The highest BCUT2D eigenvalue weighted by Gasteiger charge is 1.99. The zero-order valence-electron chi connectivity index (χ0n) is 8.42. The first-order chi connectivity index (χ1) is 7.33. The molecule has 0 bridgehead atoms. The number of benzene rings is 1. The second kappa shape index (κ2) is 4.51. The third kappa shape index (κ3) is 2.22. The Balaban J connectivity index is 2.28. The van der Waals surface area contributed by atoms with Crippen molar-refractivity contribution in [1.82, 2.24) is 9.78 Å². The predicted octanol–water partition coefficient (Wildman–Crippen LogP) is 2.09. The molecule has 2 aromatic rings. The van der Waals surface area contributed by atoms with E-state index >= 15 is 0 Å². The SMILES string of the molecule is CSc1ccc(-n2ccc(CO)n2)cc1. The van der Waals surface area contributed by atoms with Crippen molar-refractivity contribution in [2.45, 2.75) is 11.5 Å². The number of thioether (sulfide) groups is 1. The summed E-state index contributed by atoms with van der Waals surface area (Å²) in [6.45, 7) is -0.0180. The molecule has 15 heavy (non-hydrogen) atoms. The Hall–Kier alpha value is -1.26. The molecule has 0 unspecified atom stereocenters. The number of aliphatic hydroxyl groups is 1. The Morgan fingerprint density at radius 3 is 2.53 bits per heavy atom. The minimum absolute atomic E-state index is 0.0180. The Morgan fingerprint density at radius 1 is 1.27 bits per heavy atom. The Labute approximate surface area is 92.7 Å². The average molecular weight is 220 g/mol. The van der Waals surface area contributed by atoms with Gasteiger partial charge in [0.15, 0.2) is 0 Å². The Bertz CT molecular complexity index is 436. The van der Waals surface area contributed by atoms with E-state index < -0.39 is 0 Å². The standard InChI is InChI=1S/C11H12N2OS/c1-15-11-4-2-10(3-5-11)13-7-6-9(8-14)12-13/h2-7,14H,8H2,1H3. The van der Waals surface area contributed by atoms with Crippen molar-refractivity contribution in [2.75, 3.05) is 6.26 Å². The van der Waals surface area contributed by atoms with E-state index in [9.17, 15) is 0 Å². The summed E-state index contributed by atoms with van der Waals surface area (Å²) in [5.74, 6) is 0. The number of aliphatic hydroxyl groups excluding tert-OH is 1. The Kier molecular flexibility index (Phi) is 3.08. The van der Waals surface area contributed by atoms with Gasteiger partial charge < -0.3 is 5.11 Å². The maximum absolute atomic E-state index is 8.90. The number of hydrogen-bond acceptors (Lipinski definition) is 3. The van der Waals surface area contributed by atoms with Crippen molar-refractivity contribution in [3.8, 4) is 5.69 Å². The molecule has 0 fully saturated rings. The van der Waals surface area contributed by atoms with Gasteiger partial charge in [0.2, 0.25) is 0 Å². The topological polar surface area (TPSA) is 38.0 Å². The fourth-order valence-electron chi connectivity index (χ4n) is 1.32. The lowest BCUT2D eigenvalue weighted by molar-refractivity contribution is 0.276. The van der Waals surface area contributed by atoms with Crippen LogP contribution < -0.4 is 0 Å². The molecular formula is C11H12N2OS. The molecule has 2 rings (SSSR count). The van der Waals surface area contributed by atoms with Gasteiger partial charge >= 0.3 is 0 Å². The van der Waals surface area contributed by atoms with Gasteiger partial charge in [0, 0.05) is 11.1 Å². The highest BCUT2D eigenvalue weighted by atomic mass is 32.2. The molecule has 1 heterocycles. The summed E-state index contributed by atoms with van der Waals surface area (Å²) < 4.78 is 1.76. The van der Waals surface area contributed by atoms with E-state index in [1.54, 1.807) is 16.4 Å². The van der Waals surface area contributed by atoms with Gasteiger partial charge in [-0.25, -0.2) is 4.68 Å². The smallest absolute Gasteiger partial charge is 0.0883 e. The van der Waals surface area contributed by atoms with Crippen LogP contribution in [0, 0.1) is 0 Å². The molecule has 0 atom stereocenters. The van der Waals surface area contributed by atoms with Crippen LogP contribution in [0.2, 0.25) is 0 Å². The molecule has 0 amide bonds. The van der Waals surface area contributed by atoms with Crippen LogP contribution in [0.1, 0.15) is 5.69 Å². The largest absolute Gasteiger partial charge is 0.390 e. The molecule has 78 valence electrons. The highest BCUT2D eigenvalue weighted by Crippen LogP contribution is 2.16. The summed E-state index contributed by atoms with van der Waals surface area (Å²) in [7, 11) is 0. The zero-order valence-corrected chi connectivity index (χ0v) is 9.24. The first-order valence-corrected chi connectivity index (χ1v) is 5.86. The predicted molar refractivity (Wildman–Crippen MR) is 61.3 cm³/mol. The Morgan fingerprint density at radius 2 is 2.00 bits per heavy atom. The molecule has 4 heteroatoms.